The summed E-state index contributed by atoms with van der Waals surface area (Å²) in [6, 6.07) is 8.61. The minimum Gasteiger partial charge on any atom is -0.492 e. The SMILES string of the molecule is CS(=O)(=O)Nc1cc([C@@H](O)CNCCOc2ccc3c(C(F)(F)F)[nH]nc3c2)ccc1Cl. The molecule has 0 unspecified atom stereocenters. The lowest BCUT2D eigenvalue weighted by molar-refractivity contribution is -0.139. The number of hydrogen-bond acceptors (Lipinski definition) is 6. The Kier molecular flexibility index (Phi) is 7.18. The molecule has 1 aromatic heterocycles. The fourth-order valence-corrected chi connectivity index (χ4v) is 3.71. The number of anilines is 1. The van der Waals surface area contributed by atoms with Gasteiger partial charge in [0.1, 0.15) is 18.1 Å². The molecule has 13 heteroatoms. The van der Waals surface area contributed by atoms with Gasteiger partial charge in [0.25, 0.3) is 0 Å². The number of H-pyrrole nitrogens is 1. The molecule has 0 radical (unpaired) electrons. The molecule has 3 rings (SSSR count). The van der Waals surface area contributed by atoms with E-state index in [1.807, 2.05) is 5.10 Å². The quantitative estimate of drug-likeness (QED) is 0.341. The molecule has 4 N–H and O–H groups in total. The summed E-state index contributed by atoms with van der Waals surface area (Å²) in [6.45, 7) is 0.679. The van der Waals surface area contributed by atoms with Crippen LogP contribution in [0.5, 0.6) is 5.75 Å². The van der Waals surface area contributed by atoms with E-state index in [1.54, 1.807) is 6.07 Å². The minimum atomic E-state index is -4.52. The fraction of sp³-hybridized carbons (Fsp3) is 0.316. The first-order chi connectivity index (χ1) is 14.9. The van der Waals surface area contributed by atoms with Crippen LogP contribution in [0.1, 0.15) is 17.4 Å². The van der Waals surface area contributed by atoms with E-state index in [1.165, 1.54) is 30.3 Å². The van der Waals surface area contributed by atoms with E-state index in [4.69, 9.17) is 16.3 Å². The summed E-state index contributed by atoms with van der Waals surface area (Å²) in [4.78, 5) is 0. The van der Waals surface area contributed by atoms with Gasteiger partial charge in [0, 0.05) is 24.5 Å². The summed E-state index contributed by atoms with van der Waals surface area (Å²) in [6.07, 6.45) is -4.46. The summed E-state index contributed by atoms with van der Waals surface area (Å²) in [5.74, 6) is 0.356. The fourth-order valence-electron chi connectivity index (χ4n) is 2.92. The normalized spacial score (nSPS) is 13.3. The van der Waals surface area contributed by atoms with Gasteiger partial charge in [-0.25, -0.2) is 8.42 Å². The number of nitrogens with zero attached hydrogens (tertiary/aromatic N) is 1. The second-order valence-corrected chi connectivity index (χ2v) is 9.11. The highest BCUT2D eigenvalue weighted by atomic mass is 35.5. The second kappa shape index (κ2) is 9.53. The molecule has 0 aliphatic carbocycles. The number of halogens is 4. The van der Waals surface area contributed by atoms with Crippen LogP contribution in [0.4, 0.5) is 18.9 Å². The van der Waals surface area contributed by atoms with E-state index in [2.05, 4.69) is 15.1 Å². The molecule has 2 aromatic carbocycles. The number of aliphatic hydroxyl groups excluding tert-OH is 1. The zero-order valence-corrected chi connectivity index (χ0v) is 18.3. The van der Waals surface area contributed by atoms with Crippen LogP contribution in [0.2, 0.25) is 5.02 Å². The van der Waals surface area contributed by atoms with Crippen molar-refractivity contribution in [3.63, 3.8) is 0 Å². The molecule has 0 aliphatic rings. The second-order valence-electron chi connectivity index (χ2n) is 6.96. The predicted octanol–water partition coefficient (Wildman–Crippen LogP) is 3.31. The molecule has 0 bridgehead atoms. The van der Waals surface area contributed by atoms with Gasteiger partial charge >= 0.3 is 6.18 Å². The molecule has 1 atom stereocenters. The van der Waals surface area contributed by atoms with Crippen molar-refractivity contribution in [3.8, 4) is 5.75 Å². The van der Waals surface area contributed by atoms with Gasteiger partial charge in [0.15, 0.2) is 0 Å². The third-order valence-electron chi connectivity index (χ3n) is 4.37. The Hall–Kier alpha value is -2.54. The van der Waals surface area contributed by atoms with Crippen LogP contribution >= 0.6 is 11.6 Å². The maximum atomic E-state index is 12.9. The van der Waals surface area contributed by atoms with Crippen LogP contribution in [-0.4, -0.2) is 49.7 Å². The Bertz CT molecular complexity index is 1200. The molecule has 0 aliphatic heterocycles. The number of nitrogens with one attached hydrogen (secondary N) is 3. The van der Waals surface area contributed by atoms with Gasteiger partial charge in [0.2, 0.25) is 10.0 Å². The Labute approximate surface area is 186 Å². The van der Waals surface area contributed by atoms with Crippen molar-refractivity contribution in [2.75, 3.05) is 30.7 Å². The van der Waals surface area contributed by atoms with Crippen LogP contribution in [0.25, 0.3) is 10.9 Å². The van der Waals surface area contributed by atoms with Crippen LogP contribution < -0.4 is 14.8 Å². The third kappa shape index (κ3) is 6.25. The maximum Gasteiger partial charge on any atom is 0.433 e. The van der Waals surface area contributed by atoms with Crippen molar-refractivity contribution in [1.82, 2.24) is 15.5 Å². The molecule has 0 amide bonds. The number of rotatable bonds is 9. The van der Waals surface area contributed by atoms with Crippen LogP contribution in [0.3, 0.4) is 0 Å². The van der Waals surface area contributed by atoms with Crippen molar-refractivity contribution >= 4 is 38.2 Å². The van der Waals surface area contributed by atoms with E-state index in [0.29, 0.717) is 17.9 Å². The molecule has 32 heavy (non-hydrogen) atoms. The molecular weight excluding hydrogens is 473 g/mol. The number of ether oxygens (including phenoxy) is 1. The number of alkyl halides is 3. The molecule has 3 aromatic rings. The first-order valence-electron chi connectivity index (χ1n) is 9.28. The van der Waals surface area contributed by atoms with E-state index < -0.39 is 28.0 Å². The first-order valence-corrected chi connectivity index (χ1v) is 11.5. The molecule has 0 fully saturated rings. The number of aliphatic hydroxyl groups is 1. The lowest BCUT2D eigenvalue weighted by atomic mass is 10.1. The molecular formula is C19H20ClF3N4O4S. The van der Waals surface area contributed by atoms with E-state index in [0.717, 1.165) is 6.26 Å². The lowest BCUT2D eigenvalue weighted by Gasteiger charge is -2.15. The zero-order valence-electron chi connectivity index (χ0n) is 16.7. The Morgan fingerprint density at radius 3 is 2.69 bits per heavy atom. The summed E-state index contributed by atoms with van der Waals surface area (Å²) in [5.41, 5.74) is -0.152. The Morgan fingerprint density at radius 2 is 2.00 bits per heavy atom. The molecule has 8 nitrogen and oxygen atoms in total. The highest BCUT2D eigenvalue weighted by molar-refractivity contribution is 7.92. The largest absolute Gasteiger partial charge is 0.492 e. The molecule has 0 saturated heterocycles. The van der Waals surface area contributed by atoms with Crippen LogP contribution in [0.15, 0.2) is 36.4 Å². The summed E-state index contributed by atoms with van der Waals surface area (Å²) in [7, 11) is -3.52. The monoisotopic (exact) mass is 492 g/mol. The van der Waals surface area contributed by atoms with Gasteiger partial charge in [-0.15, -0.1) is 0 Å². The van der Waals surface area contributed by atoms with Gasteiger partial charge in [-0.3, -0.25) is 9.82 Å². The predicted molar refractivity (Wildman–Crippen MR) is 114 cm³/mol. The van der Waals surface area contributed by atoms with E-state index >= 15 is 0 Å². The van der Waals surface area contributed by atoms with Crippen molar-refractivity contribution in [2.45, 2.75) is 12.3 Å². The van der Waals surface area contributed by atoms with Crippen molar-refractivity contribution in [2.24, 2.45) is 0 Å². The number of fused-ring (bicyclic) bond motifs is 1. The highest BCUT2D eigenvalue weighted by Gasteiger charge is 2.35. The number of hydrogen-bond donors (Lipinski definition) is 4. The average Bonchev–Trinajstić information content (AvgIpc) is 3.12. The van der Waals surface area contributed by atoms with Crippen molar-refractivity contribution < 1.29 is 31.4 Å². The van der Waals surface area contributed by atoms with Crippen molar-refractivity contribution in [3.05, 3.63) is 52.7 Å². The van der Waals surface area contributed by atoms with E-state index in [-0.39, 0.29) is 34.8 Å². The molecule has 174 valence electrons. The summed E-state index contributed by atoms with van der Waals surface area (Å²) < 4.78 is 69.2. The molecule has 0 saturated carbocycles. The Morgan fingerprint density at radius 1 is 1.25 bits per heavy atom. The third-order valence-corrected chi connectivity index (χ3v) is 5.29. The average molecular weight is 493 g/mol. The van der Waals surface area contributed by atoms with Gasteiger partial charge < -0.3 is 15.2 Å². The zero-order chi connectivity index (χ0) is 23.5. The topological polar surface area (TPSA) is 116 Å². The standard InChI is InChI=1S/C19H20ClF3N4O4S/c1-32(29,30)27-16-8-11(2-5-14(16)20)17(28)10-24-6-7-31-12-3-4-13-15(9-12)25-26-18(13)19(21,22)23/h2-5,8-9,17,24,27-28H,6-7,10H2,1H3,(H,25,26)/t17-/m0/s1. The van der Waals surface area contributed by atoms with Gasteiger partial charge in [0.05, 0.1) is 28.6 Å². The number of benzene rings is 2. The minimum absolute atomic E-state index is 0.0428. The lowest BCUT2D eigenvalue weighted by Crippen LogP contribution is -2.26. The van der Waals surface area contributed by atoms with E-state index in [9.17, 15) is 26.7 Å². The van der Waals surface area contributed by atoms with Crippen LogP contribution in [-0.2, 0) is 16.2 Å². The molecule has 0 spiro atoms. The van der Waals surface area contributed by atoms with Gasteiger partial charge in [-0.05, 0) is 29.8 Å². The molecule has 1 heterocycles. The Balaban J connectivity index is 1.50. The van der Waals surface area contributed by atoms with Gasteiger partial charge in [-0.1, -0.05) is 17.7 Å². The van der Waals surface area contributed by atoms with Crippen LogP contribution in [0, 0.1) is 0 Å². The highest BCUT2D eigenvalue weighted by Crippen LogP contribution is 2.34. The summed E-state index contributed by atoms with van der Waals surface area (Å²) >= 11 is 5.97. The number of sulfonamides is 1. The maximum absolute atomic E-state index is 12.9. The van der Waals surface area contributed by atoms with Gasteiger partial charge in [-0.2, -0.15) is 18.3 Å². The first kappa shape index (κ1) is 24.1. The number of aromatic nitrogens is 2. The van der Waals surface area contributed by atoms with Crippen molar-refractivity contribution in [1.29, 1.82) is 0 Å². The summed E-state index contributed by atoms with van der Waals surface area (Å²) in [5, 5.41) is 19.1. The smallest absolute Gasteiger partial charge is 0.433 e. The number of aromatic amines is 1.